The van der Waals surface area contributed by atoms with Gasteiger partial charge in [0.05, 0.1) is 13.2 Å². The number of ether oxygens (including phenoxy) is 1. The standard InChI is InChI=1S/C25H25F6NO3S/c1-14-9-16-12-17(35-36-25(29,30)31)6-7-18(16)23(32(14)13-24(2,3)28)22-19(26)10-15(11-20(22)27)5-8-21(33)34-4/h5-8,10-12,14,23H,9,13H2,1-4H3/b8-5+. The smallest absolute Gasteiger partial charge is 0.466 e. The molecule has 1 heterocycles. The third-order valence-electron chi connectivity index (χ3n) is 5.60. The van der Waals surface area contributed by atoms with E-state index in [4.69, 9.17) is 4.18 Å². The van der Waals surface area contributed by atoms with Crippen molar-refractivity contribution in [1.29, 1.82) is 0 Å². The van der Waals surface area contributed by atoms with E-state index in [-0.39, 0.29) is 23.4 Å². The second-order valence-electron chi connectivity index (χ2n) is 9.07. The zero-order chi connectivity index (χ0) is 26.8. The van der Waals surface area contributed by atoms with Crippen molar-refractivity contribution in [3.05, 3.63) is 70.3 Å². The molecule has 0 saturated carbocycles. The van der Waals surface area contributed by atoms with Crippen LogP contribution in [0.3, 0.4) is 0 Å². The van der Waals surface area contributed by atoms with Crippen LogP contribution in [0.1, 0.15) is 49.1 Å². The number of hydrogen-bond acceptors (Lipinski definition) is 5. The Hall–Kier alpha value is -2.66. The van der Waals surface area contributed by atoms with Gasteiger partial charge in [-0.05, 0) is 74.2 Å². The average Bonchev–Trinajstić information content (AvgIpc) is 2.76. The van der Waals surface area contributed by atoms with Gasteiger partial charge in [0.15, 0.2) is 12.0 Å². The van der Waals surface area contributed by atoms with E-state index in [0.29, 0.717) is 17.5 Å². The summed E-state index contributed by atoms with van der Waals surface area (Å²) >= 11 is -0.661. The van der Waals surface area contributed by atoms with Crippen molar-refractivity contribution in [2.24, 2.45) is 0 Å². The number of methoxy groups -OCH3 is 1. The molecule has 2 unspecified atom stereocenters. The van der Waals surface area contributed by atoms with Crippen LogP contribution in [0.2, 0.25) is 0 Å². The second-order valence-corrected chi connectivity index (χ2v) is 9.87. The number of carbonyl (C=O) groups is 1. The maximum absolute atomic E-state index is 15.4. The summed E-state index contributed by atoms with van der Waals surface area (Å²) in [4.78, 5) is 13.0. The topological polar surface area (TPSA) is 38.8 Å². The quantitative estimate of drug-likeness (QED) is 0.170. The lowest BCUT2D eigenvalue weighted by Gasteiger charge is -2.44. The highest BCUT2D eigenvalue weighted by Crippen LogP contribution is 2.43. The third-order valence-corrected chi connectivity index (χ3v) is 6.07. The molecule has 1 aliphatic heterocycles. The molecule has 0 saturated heterocycles. The molecule has 2 aromatic rings. The van der Waals surface area contributed by atoms with Gasteiger partial charge in [-0.25, -0.2) is 18.0 Å². The van der Waals surface area contributed by atoms with Crippen molar-refractivity contribution >= 4 is 24.1 Å². The lowest BCUT2D eigenvalue weighted by atomic mass is 9.83. The molecule has 0 N–H and O–H groups in total. The summed E-state index contributed by atoms with van der Waals surface area (Å²) in [6, 6.07) is 4.77. The van der Waals surface area contributed by atoms with E-state index in [0.717, 1.165) is 25.3 Å². The lowest BCUT2D eigenvalue weighted by molar-refractivity contribution is -0.134. The normalized spacial score (nSPS) is 18.8. The number of esters is 1. The molecule has 196 valence electrons. The molecule has 0 amide bonds. The van der Waals surface area contributed by atoms with Crippen LogP contribution < -0.4 is 4.18 Å². The number of rotatable bonds is 7. The second kappa shape index (κ2) is 10.8. The molecule has 0 radical (unpaired) electrons. The van der Waals surface area contributed by atoms with E-state index in [2.05, 4.69) is 4.74 Å². The Morgan fingerprint density at radius 2 is 1.78 bits per heavy atom. The molecule has 2 atom stereocenters. The van der Waals surface area contributed by atoms with Gasteiger partial charge in [0, 0.05) is 24.2 Å². The van der Waals surface area contributed by atoms with Gasteiger partial charge in [0.25, 0.3) is 0 Å². The fraction of sp³-hybridized carbons (Fsp3) is 0.400. The molecular formula is C25H25F6NO3S. The summed E-state index contributed by atoms with van der Waals surface area (Å²) in [7, 11) is 1.16. The summed E-state index contributed by atoms with van der Waals surface area (Å²) < 4.78 is 92.5. The van der Waals surface area contributed by atoms with Crippen LogP contribution in [-0.4, -0.2) is 41.7 Å². The Balaban J connectivity index is 2.09. The first kappa shape index (κ1) is 27.9. The number of alkyl halides is 4. The first-order valence-corrected chi connectivity index (χ1v) is 11.7. The number of benzene rings is 2. The van der Waals surface area contributed by atoms with E-state index in [1.807, 2.05) is 0 Å². The minimum atomic E-state index is -4.61. The van der Waals surface area contributed by atoms with E-state index in [9.17, 15) is 22.4 Å². The van der Waals surface area contributed by atoms with Crippen LogP contribution in [0, 0.1) is 11.6 Å². The first-order chi connectivity index (χ1) is 16.7. The van der Waals surface area contributed by atoms with Crippen molar-refractivity contribution in [3.63, 3.8) is 0 Å². The Labute approximate surface area is 209 Å². The predicted molar refractivity (Wildman–Crippen MR) is 125 cm³/mol. The van der Waals surface area contributed by atoms with Gasteiger partial charge in [-0.3, -0.25) is 4.90 Å². The molecule has 0 bridgehead atoms. The van der Waals surface area contributed by atoms with E-state index >= 15 is 8.78 Å². The lowest BCUT2D eigenvalue weighted by Crippen LogP contribution is -2.48. The Morgan fingerprint density at radius 1 is 1.14 bits per heavy atom. The number of nitrogens with zero attached hydrogens (tertiary/aromatic N) is 1. The van der Waals surface area contributed by atoms with Crippen molar-refractivity contribution < 1.29 is 40.1 Å². The van der Waals surface area contributed by atoms with Gasteiger partial charge in [0.2, 0.25) is 0 Å². The molecule has 1 aliphatic rings. The summed E-state index contributed by atoms with van der Waals surface area (Å²) in [6.45, 7) is 4.31. The summed E-state index contributed by atoms with van der Waals surface area (Å²) in [5.41, 5.74) is -5.60. The molecule has 36 heavy (non-hydrogen) atoms. The molecule has 4 nitrogen and oxygen atoms in total. The molecule has 0 spiro atoms. The van der Waals surface area contributed by atoms with E-state index in [1.54, 1.807) is 11.8 Å². The number of hydrogen-bond donors (Lipinski definition) is 0. The number of carbonyl (C=O) groups excluding carboxylic acids is 1. The predicted octanol–water partition coefficient (Wildman–Crippen LogP) is 6.78. The molecule has 0 fully saturated rings. The van der Waals surface area contributed by atoms with Crippen LogP contribution in [0.5, 0.6) is 5.75 Å². The van der Waals surface area contributed by atoms with Gasteiger partial charge in [-0.2, -0.15) is 13.2 Å². The molecule has 2 aromatic carbocycles. The SMILES string of the molecule is COC(=O)/C=C/c1cc(F)c(C2c3ccc(OSC(F)(F)F)cc3CC(C)N2CC(C)(C)F)c(F)c1. The van der Waals surface area contributed by atoms with Crippen molar-refractivity contribution in [2.45, 2.75) is 50.5 Å². The van der Waals surface area contributed by atoms with Gasteiger partial charge in [-0.15, -0.1) is 0 Å². The molecule has 0 aromatic heterocycles. The Kier molecular flexibility index (Phi) is 8.34. The monoisotopic (exact) mass is 533 g/mol. The van der Waals surface area contributed by atoms with Crippen LogP contribution >= 0.6 is 12.0 Å². The molecule has 0 aliphatic carbocycles. The van der Waals surface area contributed by atoms with E-state index < -0.39 is 52.9 Å². The summed E-state index contributed by atoms with van der Waals surface area (Å²) in [5.74, 6) is -2.60. The van der Waals surface area contributed by atoms with Crippen molar-refractivity contribution in [3.8, 4) is 5.75 Å². The number of fused-ring (bicyclic) bond motifs is 1. The van der Waals surface area contributed by atoms with Crippen molar-refractivity contribution in [1.82, 2.24) is 4.90 Å². The average molecular weight is 534 g/mol. The van der Waals surface area contributed by atoms with Gasteiger partial charge in [0.1, 0.15) is 23.1 Å². The first-order valence-electron chi connectivity index (χ1n) is 10.9. The highest BCUT2D eigenvalue weighted by Gasteiger charge is 2.39. The summed E-state index contributed by atoms with van der Waals surface area (Å²) in [5, 5.41) is 0. The Bertz CT molecular complexity index is 1120. The molecular weight excluding hydrogens is 508 g/mol. The highest BCUT2D eigenvalue weighted by molar-refractivity contribution is 7.95. The minimum absolute atomic E-state index is 0.0643. The highest BCUT2D eigenvalue weighted by atomic mass is 32.2. The maximum atomic E-state index is 15.4. The zero-order valence-electron chi connectivity index (χ0n) is 20.0. The fourth-order valence-electron chi connectivity index (χ4n) is 4.24. The maximum Gasteiger partial charge on any atom is 0.479 e. The largest absolute Gasteiger partial charge is 0.479 e. The van der Waals surface area contributed by atoms with E-state index in [1.165, 1.54) is 38.1 Å². The Morgan fingerprint density at radius 3 is 2.33 bits per heavy atom. The zero-order valence-corrected chi connectivity index (χ0v) is 20.8. The summed E-state index contributed by atoms with van der Waals surface area (Å²) in [6.07, 6.45) is 2.52. The minimum Gasteiger partial charge on any atom is -0.466 e. The molecule has 3 rings (SSSR count). The van der Waals surface area contributed by atoms with Crippen LogP contribution in [0.25, 0.3) is 6.08 Å². The van der Waals surface area contributed by atoms with Gasteiger partial charge in [-0.1, -0.05) is 6.07 Å². The van der Waals surface area contributed by atoms with Gasteiger partial charge >= 0.3 is 11.5 Å². The van der Waals surface area contributed by atoms with Crippen molar-refractivity contribution in [2.75, 3.05) is 13.7 Å². The van der Waals surface area contributed by atoms with Gasteiger partial charge < -0.3 is 8.92 Å². The van der Waals surface area contributed by atoms with Crippen LogP contribution in [0.15, 0.2) is 36.4 Å². The number of halogens is 6. The fourth-order valence-corrected chi connectivity index (χ4v) is 4.53. The van der Waals surface area contributed by atoms with Crippen LogP contribution in [0.4, 0.5) is 26.3 Å². The molecule has 11 heteroatoms. The van der Waals surface area contributed by atoms with Crippen LogP contribution in [-0.2, 0) is 16.0 Å². The third kappa shape index (κ3) is 6.97.